The Bertz CT molecular complexity index is 783. The van der Waals surface area contributed by atoms with Crippen LogP contribution in [0.4, 0.5) is 0 Å². The molecule has 118 valence electrons. The highest BCUT2D eigenvalue weighted by molar-refractivity contribution is 7.89. The minimum Gasteiger partial charge on any atom is -0.334 e. The molecular weight excluding hydrogens is 320 g/mol. The van der Waals surface area contributed by atoms with Crippen molar-refractivity contribution in [3.05, 3.63) is 51.7 Å². The molecule has 0 aliphatic heterocycles. The Kier molecular flexibility index (Phi) is 4.69. The Morgan fingerprint density at radius 3 is 2.55 bits per heavy atom. The number of nitrogens with zero attached hydrogens (tertiary/aromatic N) is 1. The van der Waals surface area contributed by atoms with Gasteiger partial charge in [0.1, 0.15) is 0 Å². The third-order valence-corrected chi connectivity index (χ3v) is 5.69. The van der Waals surface area contributed by atoms with Gasteiger partial charge in [-0.25, -0.2) is 13.6 Å². The lowest BCUT2D eigenvalue weighted by Gasteiger charge is -2.24. The fourth-order valence-corrected chi connectivity index (χ4v) is 3.77. The van der Waals surface area contributed by atoms with Gasteiger partial charge in [0.25, 0.3) is 5.91 Å². The molecule has 0 fully saturated rings. The average molecular weight is 338 g/mol. The lowest BCUT2D eigenvalue weighted by Crippen LogP contribution is -2.29. The molecule has 1 amide bonds. The van der Waals surface area contributed by atoms with Gasteiger partial charge in [-0.2, -0.15) is 0 Å². The van der Waals surface area contributed by atoms with E-state index in [2.05, 4.69) is 0 Å². The summed E-state index contributed by atoms with van der Waals surface area (Å²) in [5.41, 5.74) is 0.827. The lowest BCUT2D eigenvalue weighted by molar-refractivity contribution is 0.0744. The molecule has 1 heterocycles. The number of carbonyl (C=O) groups excluding carboxylic acids is 1. The van der Waals surface area contributed by atoms with Crippen molar-refractivity contribution in [3.8, 4) is 0 Å². The first-order chi connectivity index (χ1) is 10.2. The van der Waals surface area contributed by atoms with E-state index >= 15 is 0 Å². The second kappa shape index (κ2) is 6.20. The summed E-state index contributed by atoms with van der Waals surface area (Å²) in [6, 6.07) is 8.35. The van der Waals surface area contributed by atoms with E-state index in [1.54, 1.807) is 42.3 Å². The van der Waals surface area contributed by atoms with Crippen molar-refractivity contribution >= 4 is 27.3 Å². The molecule has 2 aromatic rings. The molecule has 0 bridgehead atoms. The number of sulfonamides is 1. The summed E-state index contributed by atoms with van der Waals surface area (Å²) in [6.07, 6.45) is 0. The number of thiophene rings is 1. The highest BCUT2D eigenvalue weighted by Gasteiger charge is 2.21. The van der Waals surface area contributed by atoms with Gasteiger partial charge in [0.2, 0.25) is 10.0 Å². The van der Waals surface area contributed by atoms with Crippen molar-refractivity contribution < 1.29 is 13.2 Å². The van der Waals surface area contributed by atoms with Crippen LogP contribution >= 0.6 is 11.3 Å². The van der Waals surface area contributed by atoms with Gasteiger partial charge in [-0.3, -0.25) is 4.79 Å². The Balaban J connectivity index is 2.34. The maximum Gasteiger partial charge on any atom is 0.254 e. The largest absolute Gasteiger partial charge is 0.334 e. The number of rotatable bonds is 4. The van der Waals surface area contributed by atoms with Crippen LogP contribution in [0.25, 0.3) is 0 Å². The Hall–Kier alpha value is -1.70. The van der Waals surface area contributed by atoms with Crippen molar-refractivity contribution in [2.24, 2.45) is 5.14 Å². The van der Waals surface area contributed by atoms with E-state index < -0.39 is 10.0 Å². The zero-order valence-corrected chi connectivity index (χ0v) is 14.2. The molecule has 0 spiro atoms. The fraction of sp³-hybridized carbons (Fsp3) is 0.267. The Labute approximate surface area is 134 Å². The van der Waals surface area contributed by atoms with Crippen molar-refractivity contribution in [1.29, 1.82) is 0 Å². The number of primary sulfonamides is 1. The molecule has 1 aromatic heterocycles. The van der Waals surface area contributed by atoms with Gasteiger partial charge in [-0.05, 0) is 43.0 Å². The van der Waals surface area contributed by atoms with Crippen LogP contribution in [0.2, 0.25) is 0 Å². The number of nitrogens with two attached hydrogens (primary N) is 1. The first kappa shape index (κ1) is 16.7. The first-order valence-electron chi connectivity index (χ1n) is 6.66. The van der Waals surface area contributed by atoms with Crippen molar-refractivity contribution in [2.75, 3.05) is 7.05 Å². The van der Waals surface area contributed by atoms with Crippen LogP contribution in [0.1, 0.15) is 33.8 Å². The second-order valence-corrected chi connectivity index (χ2v) is 7.64. The number of carbonyl (C=O) groups is 1. The number of aryl methyl sites for hydroxylation is 1. The normalized spacial score (nSPS) is 12.9. The van der Waals surface area contributed by atoms with Crippen LogP contribution < -0.4 is 5.14 Å². The number of benzene rings is 1. The minimum absolute atomic E-state index is 0.0180. The van der Waals surface area contributed by atoms with Gasteiger partial charge in [0, 0.05) is 17.5 Å². The molecule has 22 heavy (non-hydrogen) atoms. The number of amides is 1. The van der Waals surface area contributed by atoms with Crippen LogP contribution in [-0.2, 0) is 10.0 Å². The predicted octanol–water partition coefficient (Wildman–Crippen LogP) is 2.54. The van der Waals surface area contributed by atoms with E-state index in [9.17, 15) is 13.2 Å². The van der Waals surface area contributed by atoms with Crippen LogP contribution in [0, 0.1) is 6.92 Å². The molecule has 5 nitrogen and oxygen atoms in total. The molecule has 2 rings (SSSR count). The first-order valence-corrected chi connectivity index (χ1v) is 9.08. The standard InChI is InChI=1S/C15H18N2O3S2/c1-10-6-7-12(9-14(10)22(16,19)20)15(18)17(3)11(2)13-5-4-8-21-13/h4-9,11H,1-3H3,(H2,16,19,20). The lowest BCUT2D eigenvalue weighted by atomic mass is 10.1. The molecule has 0 aliphatic rings. The summed E-state index contributed by atoms with van der Waals surface area (Å²) < 4.78 is 23.1. The molecular formula is C15H18N2O3S2. The summed E-state index contributed by atoms with van der Waals surface area (Å²) in [5, 5.41) is 7.14. The molecule has 1 aromatic carbocycles. The van der Waals surface area contributed by atoms with Crippen molar-refractivity contribution in [2.45, 2.75) is 24.8 Å². The van der Waals surface area contributed by atoms with Crippen LogP contribution in [0.5, 0.6) is 0 Å². The monoisotopic (exact) mass is 338 g/mol. The summed E-state index contributed by atoms with van der Waals surface area (Å²) in [7, 11) is -2.15. The zero-order chi connectivity index (χ0) is 16.5. The maximum atomic E-state index is 12.6. The highest BCUT2D eigenvalue weighted by atomic mass is 32.2. The van der Waals surface area contributed by atoms with E-state index in [-0.39, 0.29) is 16.8 Å². The van der Waals surface area contributed by atoms with E-state index in [4.69, 9.17) is 5.14 Å². The van der Waals surface area contributed by atoms with Gasteiger partial charge >= 0.3 is 0 Å². The average Bonchev–Trinajstić information content (AvgIpc) is 2.98. The SMILES string of the molecule is Cc1ccc(C(=O)N(C)C(C)c2cccs2)cc1S(N)(=O)=O. The van der Waals surface area contributed by atoms with Gasteiger partial charge in [0.05, 0.1) is 10.9 Å². The van der Waals surface area contributed by atoms with Crippen molar-refractivity contribution in [3.63, 3.8) is 0 Å². The molecule has 1 atom stereocenters. The summed E-state index contributed by atoms with van der Waals surface area (Å²) in [6.45, 7) is 3.57. The van der Waals surface area contributed by atoms with Gasteiger partial charge in [-0.15, -0.1) is 11.3 Å². The summed E-state index contributed by atoms with van der Waals surface area (Å²) in [4.78, 5) is 15.2. The molecule has 7 heteroatoms. The topological polar surface area (TPSA) is 80.5 Å². The molecule has 0 aliphatic carbocycles. The smallest absolute Gasteiger partial charge is 0.254 e. The Morgan fingerprint density at radius 2 is 2.00 bits per heavy atom. The summed E-state index contributed by atoms with van der Waals surface area (Å²) in [5.74, 6) is -0.245. The quantitative estimate of drug-likeness (QED) is 0.930. The van der Waals surface area contributed by atoms with Gasteiger partial charge < -0.3 is 4.90 Å². The predicted molar refractivity (Wildman–Crippen MR) is 87.4 cm³/mol. The van der Waals surface area contributed by atoms with Crippen LogP contribution in [0.3, 0.4) is 0 Å². The van der Waals surface area contributed by atoms with Crippen LogP contribution in [-0.4, -0.2) is 26.3 Å². The summed E-state index contributed by atoms with van der Waals surface area (Å²) >= 11 is 1.57. The minimum atomic E-state index is -3.85. The van der Waals surface area contributed by atoms with Crippen molar-refractivity contribution in [1.82, 2.24) is 4.90 Å². The third-order valence-electron chi connectivity index (χ3n) is 3.60. The van der Waals surface area contributed by atoms with E-state index in [0.29, 0.717) is 11.1 Å². The van der Waals surface area contributed by atoms with Crippen LogP contribution in [0.15, 0.2) is 40.6 Å². The molecule has 1 unspecified atom stereocenters. The molecule has 0 radical (unpaired) electrons. The molecule has 0 saturated heterocycles. The molecule has 2 N–H and O–H groups in total. The number of hydrogen-bond donors (Lipinski definition) is 1. The second-order valence-electron chi connectivity index (χ2n) is 5.13. The van der Waals surface area contributed by atoms with E-state index in [1.165, 1.54) is 6.07 Å². The zero-order valence-electron chi connectivity index (χ0n) is 12.6. The van der Waals surface area contributed by atoms with E-state index in [1.807, 2.05) is 24.4 Å². The van der Waals surface area contributed by atoms with Gasteiger partial charge in [0.15, 0.2) is 0 Å². The number of hydrogen-bond acceptors (Lipinski definition) is 4. The third kappa shape index (κ3) is 3.37. The maximum absolute atomic E-state index is 12.6. The van der Waals surface area contributed by atoms with Gasteiger partial charge in [-0.1, -0.05) is 12.1 Å². The fourth-order valence-electron chi connectivity index (χ4n) is 2.14. The van der Waals surface area contributed by atoms with E-state index in [0.717, 1.165) is 4.88 Å². The Morgan fingerprint density at radius 1 is 1.32 bits per heavy atom. The highest BCUT2D eigenvalue weighted by Crippen LogP contribution is 2.25. The molecule has 0 saturated carbocycles.